The number of aliphatic hydroxyl groups excluding tert-OH is 2. The Bertz CT molecular complexity index is 1070. The molecule has 1 aromatic carbocycles. The van der Waals surface area contributed by atoms with Crippen LogP contribution in [0.1, 0.15) is 76.2 Å². The lowest BCUT2D eigenvalue weighted by Gasteiger charge is -2.32. The number of carboxylic acids is 1. The molecular weight excluding hydrogens is 552 g/mol. The van der Waals surface area contributed by atoms with Crippen LogP contribution in [-0.4, -0.2) is 88.0 Å². The van der Waals surface area contributed by atoms with Gasteiger partial charge in [0.1, 0.15) is 12.1 Å². The summed E-state index contributed by atoms with van der Waals surface area (Å²) in [5, 5.41) is 39.3. The third-order valence-electron chi connectivity index (χ3n) is 9.21. The maximum absolute atomic E-state index is 13.2. The van der Waals surface area contributed by atoms with E-state index in [1.165, 1.54) is 11.3 Å². The lowest BCUT2D eigenvalue weighted by Crippen LogP contribution is -2.54. The number of urea groups is 1. The summed E-state index contributed by atoms with van der Waals surface area (Å²) in [7, 11) is 0. The molecule has 2 aliphatic carbocycles. The van der Waals surface area contributed by atoms with E-state index in [1.54, 1.807) is 0 Å². The van der Waals surface area contributed by atoms with Gasteiger partial charge in [-0.3, -0.25) is 14.4 Å². The second-order valence-corrected chi connectivity index (χ2v) is 12.6. The Hall–Kier alpha value is -3.18. The Morgan fingerprint density at radius 3 is 2.19 bits per heavy atom. The monoisotopic (exact) mass is 600 g/mol. The van der Waals surface area contributed by atoms with Crippen molar-refractivity contribution < 1.29 is 34.5 Å². The second-order valence-electron chi connectivity index (χ2n) is 12.6. The number of amides is 4. The third kappa shape index (κ3) is 10.2. The summed E-state index contributed by atoms with van der Waals surface area (Å²) in [6.07, 6.45) is 7.08. The fourth-order valence-corrected chi connectivity index (χ4v) is 6.35. The Morgan fingerprint density at radius 2 is 1.56 bits per heavy atom. The van der Waals surface area contributed by atoms with Crippen molar-refractivity contribution >= 4 is 23.8 Å². The number of nitrogens with zero attached hydrogens (tertiary/aromatic N) is 1. The average Bonchev–Trinajstić information content (AvgIpc) is 3.86. The van der Waals surface area contributed by atoms with E-state index in [9.17, 15) is 34.5 Å². The molecule has 0 radical (unpaired) electrons. The van der Waals surface area contributed by atoms with Gasteiger partial charge in [0, 0.05) is 32.5 Å². The van der Waals surface area contributed by atoms with Crippen molar-refractivity contribution in [1.29, 1.82) is 0 Å². The van der Waals surface area contributed by atoms with E-state index >= 15 is 0 Å². The highest BCUT2D eigenvalue weighted by Gasteiger charge is 2.39. The lowest BCUT2D eigenvalue weighted by molar-refractivity contribution is -0.143. The highest BCUT2D eigenvalue weighted by Crippen LogP contribution is 2.36. The van der Waals surface area contributed by atoms with E-state index in [0.717, 1.165) is 44.1 Å². The second kappa shape index (κ2) is 16.0. The Morgan fingerprint density at radius 1 is 0.884 bits per heavy atom. The first-order chi connectivity index (χ1) is 20.7. The number of aliphatic hydroxyl groups is 2. The van der Waals surface area contributed by atoms with Crippen LogP contribution in [0.3, 0.4) is 0 Å². The number of benzene rings is 1. The van der Waals surface area contributed by atoms with Gasteiger partial charge in [-0.25, -0.2) is 4.79 Å². The molecule has 6 N–H and O–H groups in total. The molecule has 2 saturated carbocycles. The van der Waals surface area contributed by atoms with Gasteiger partial charge in [-0.05, 0) is 49.5 Å². The summed E-state index contributed by atoms with van der Waals surface area (Å²) >= 11 is 0. The van der Waals surface area contributed by atoms with Crippen molar-refractivity contribution in [3.8, 4) is 0 Å². The fourth-order valence-electron chi connectivity index (χ4n) is 6.35. The van der Waals surface area contributed by atoms with Crippen molar-refractivity contribution in [2.45, 2.75) is 101 Å². The van der Waals surface area contributed by atoms with E-state index in [4.69, 9.17) is 0 Å². The third-order valence-corrected chi connectivity index (χ3v) is 9.21. The van der Waals surface area contributed by atoms with Crippen molar-refractivity contribution in [3.63, 3.8) is 0 Å². The number of aliphatic carboxylic acids is 1. The predicted octanol–water partition coefficient (Wildman–Crippen LogP) is 2.20. The molecule has 1 aliphatic heterocycles. The molecule has 4 atom stereocenters. The number of piperidine rings is 1. The van der Waals surface area contributed by atoms with E-state index in [0.29, 0.717) is 38.3 Å². The largest absolute Gasteiger partial charge is 0.481 e. The molecule has 1 aromatic rings. The van der Waals surface area contributed by atoms with E-state index < -0.39 is 48.1 Å². The molecular formula is C32H48N4O7. The first-order valence-electron chi connectivity index (χ1n) is 16.0. The van der Waals surface area contributed by atoms with Gasteiger partial charge in [0.25, 0.3) is 0 Å². The highest BCUT2D eigenvalue weighted by atomic mass is 16.4. The molecule has 4 rings (SSSR count). The molecule has 238 valence electrons. The molecule has 11 heteroatoms. The van der Waals surface area contributed by atoms with Gasteiger partial charge in [0.05, 0.1) is 18.1 Å². The van der Waals surface area contributed by atoms with Crippen molar-refractivity contribution in [2.75, 3.05) is 19.6 Å². The maximum Gasteiger partial charge on any atom is 0.318 e. The zero-order chi connectivity index (χ0) is 30.8. The molecule has 3 aliphatic rings. The van der Waals surface area contributed by atoms with Crippen LogP contribution >= 0.6 is 0 Å². The predicted molar refractivity (Wildman–Crippen MR) is 160 cm³/mol. The van der Waals surface area contributed by atoms with Gasteiger partial charge in [0.2, 0.25) is 11.8 Å². The van der Waals surface area contributed by atoms with Gasteiger partial charge >= 0.3 is 12.0 Å². The number of carbonyl (C=O) groups excluding carboxylic acids is 3. The number of hydrogen-bond acceptors (Lipinski definition) is 6. The van der Waals surface area contributed by atoms with Gasteiger partial charge in [-0.15, -0.1) is 0 Å². The molecule has 1 heterocycles. The highest BCUT2D eigenvalue weighted by molar-refractivity contribution is 5.88. The molecule has 0 unspecified atom stereocenters. The summed E-state index contributed by atoms with van der Waals surface area (Å²) in [4.78, 5) is 52.0. The first kappa shape index (κ1) is 32.7. The van der Waals surface area contributed by atoms with Crippen LogP contribution in [0, 0.1) is 17.8 Å². The first-order valence-corrected chi connectivity index (χ1v) is 16.0. The quantitative estimate of drug-likeness (QED) is 0.190. The molecule has 11 nitrogen and oxygen atoms in total. The van der Waals surface area contributed by atoms with E-state index in [1.807, 2.05) is 30.3 Å². The maximum atomic E-state index is 13.2. The molecule has 1 saturated heterocycles. The standard InChI is InChI=1S/C32H48N4O7/c37-27(34-25(19-21-7-3-1-4-8-21)29(39)28(38)23-11-12-23)13-16-33-30(40)26(20-22-9-5-2-6-10-22)35-32(43)36-17-14-24(15-18-36)31(41)42/h2,5-6,9-10,21,23-26,28-29,38-39H,1,3-4,7-8,11-20H2,(H,33,40)(H,34,37)(H,35,43)(H,41,42)/t25-,26-,28-,29+/m0/s1. The van der Waals surface area contributed by atoms with Gasteiger partial charge in [-0.1, -0.05) is 62.4 Å². The van der Waals surface area contributed by atoms with Crippen LogP contribution in [0.25, 0.3) is 0 Å². The zero-order valence-corrected chi connectivity index (χ0v) is 25.0. The van der Waals surface area contributed by atoms with Crippen molar-refractivity contribution in [1.82, 2.24) is 20.9 Å². The van der Waals surface area contributed by atoms with Crippen LogP contribution in [0.2, 0.25) is 0 Å². The number of likely N-dealkylation sites (tertiary alicyclic amines) is 1. The summed E-state index contributed by atoms with van der Waals surface area (Å²) in [5.41, 5.74) is 0.860. The smallest absolute Gasteiger partial charge is 0.318 e. The summed E-state index contributed by atoms with van der Waals surface area (Å²) in [6, 6.07) is 7.45. The van der Waals surface area contributed by atoms with Gasteiger partial charge in [0.15, 0.2) is 0 Å². The molecule has 4 amide bonds. The van der Waals surface area contributed by atoms with Gasteiger partial charge in [-0.2, -0.15) is 0 Å². The Balaban J connectivity index is 1.30. The summed E-state index contributed by atoms with van der Waals surface area (Å²) < 4.78 is 0. The number of hydrogen-bond donors (Lipinski definition) is 6. The van der Waals surface area contributed by atoms with Crippen LogP contribution in [-0.2, 0) is 20.8 Å². The molecule has 43 heavy (non-hydrogen) atoms. The minimum atomic E-state index is -1.03. The van der Waals surface area contributed by atoms with E-state index in [-0.39, 0.29) is 31.2 Å². The number of carbonyl (C=O) groups is 4. The number of nitrogens with one attached hydrogen (secondary N) is 3. The summed E-state index contributed by atoms with van der Waals surface area (Å²) in [5.74, 6) is -1.59. The molecule has 0 aromatic heterocycles. The Labute approximate surface area is 253 Å². The number of rotatable bonds is 14. The average molecular weight is 601 g/mol. The number of carboxylic acid groups (broad SMARTS) is 1. The summed E-state index contributed by atoms with van der Waals surface area (Å²) in [6.45, 7) is 0.644. The lowest BCUT2D eigenvalue weighted by atomic mass is 9.82. The SMILES string of the molecule is O=C(CCNC(=O)[C@H](Cc1ccccc1)NC(=O)N1CCC(C(=O)O)CC1)N[C@@H](CC1CCCCC1)[C@@H](O)[C@@H](O)C1CC1. The topological polar surface area (TPSA) is 168 Å². The normalized spacial score (nSPS) is 20.8. The zero-order valence-electron chi connectivity index (χ0n) is 25.0. The van der Waals surface area contributed by atoms with Crippen LogP contribution < -0.4 is 16.0 Å². The molecule has 0 spiro atoms. The van der Waals surface area contributed by atoms with Crippen LogP contribution in [0.15, 0.2) is 30.3 Å². The van der Waals surface area contributed by atoms with Crippen LogP contribution in [0.5, 0.6) is 0 Å². The van der Waals surface area contributed by atoms with E-state index in [2.05, 4.69) is 16.0 Å². The fraction of sp³-hybridized carbons (Fsp3) is 0.688. The van der Waals surface area contributed by atoms with Gasteiger partial charge < -0.3 is 36.2 Å². The van der Waals surface area contributed by atoms with Crippen molar-refractivity contribution in [2.24, 2.45) is 17.8 Å². The minimum absolute atomic E-state index is 0.00610. The van der Waals surface area contributed by atoms with Crippen molar-refractivity contribution in [3.05, 3.63) is 35.9 Å². The van der Waals surface area contributed by atoms with Crippen LogP contribution in [0.4, 0.5) is 4.79 Å². The molecule has 3 fully saturated rings. The minimum Gasteiger partial charge on any atom is -0.481 e. The Kier molecular flexibility index (Phi) is 12.2. The molecule has 0 bridgehead atoms.